The van der Waals surface area contributed by atoms with E-state index in [1.807, 2.05) is 19.9 Å². The van der Waals surface area contributed by atoms with Gasteiger partial charge in [0, 0.05) is 10.7 Å². The molecule has 2 aromatic rings. The molecule has 0 unspecified atom stereocenters. The van der Waals surface area contributed by atoms with Crippen LogP contribution in [0.4, 0.5) is 10.5 Å². The largest absolute Gasteiger partial charge is 0.490 e. The van der Waals surface area contributed by atoms with Gasteiger partial charge in [-0.1, -0.05) is 23.7 Å². The van der Waals surface area contributed by atoms with Gasteiger partial charge in [-0.3, -0.25) is 19.3 Å². The topological polar surface area (TPSA) is 109 Å². The third-order valence-electron chi connectivity index (χ3n) is 4.49. The maximum Gasteiger partial charge on any atom is 0.294 e. The lowest BCUT2D eigenvalue weighted by Gasteiger charge is -2.13. The number of amides is 3. The Kier molecular flexibility index (Phi) is 7.98. The number of anilines is 1. The summed E-state index contributed by atoms with van der Waals surface area (Å²) in [6, 6.07) is 11.9. The van der Waals surface area contributed by atoms with Crippen LogP contribution in [-0.4, -0.2) is 41.7 Å². The van der Waals surface area contributed by atoms with Crippen LogP contribution in [-0.2, 0) is 9.59 Å². The van der Waals surface area contributed by atoms with Crippen molar-refractivity contribution in [1.29, 1.82) is 5.26 Å². The highest BCUT2D eigenvalue weighted by molar-refractivity contribution is 8.18. The molecule has 0 radical (unpaired) electrons. The predicted octanol–water partition coefficient (Wildman–Crippen LogP) is 4.62. The van der Waals surface area contributed by atoms with Crippen LogP contribution in [0.5, 0.6) is 11.5 Å². The summed E-state index contributed by atoms with van der Waals surface area (Å²) >= 11 is 6.81. The van der Waals surface area contributed by atoms with E-state index in [4.69, 9.17) is 26.3 Å². The van der Waals surface area contributed by atoms with Crippen molar-refractivity contribution in [3.8, 4) is 17.6 Å². The number of halogens is 1. The van der Waals surface area contributed by atoms with Crippen molar-refractivity contribution in [1.82, 2.24) is 4.90 Å². The Hall–Kier alpha value is -3.48. The number of nitriles is 1. The zero-order valence-corrected chi connectivity index (χ0v) is 19.5. The smallest absolute Gasteiger partial charge is 0.294 e. The zero-order valence-electron chi connectivity index (χ0n) is 17.9. The average Bonchev–Trinajstić information content (AvgIpc) is 3.03. The molecule has 170 valence electrons. The minimum Gasteiger partial charge on any atom is -0.490 e. The molecule has 2 aromatic carbocycles. The van der Waals surface area contributed by atoms with Gasteiger partial charge in [-0.15, -0.1) is 0 Å². The van der Waals surface area contributed by atoms with E-state index in [0.29, 0.717) is 34.4 Å². The number of hydrogen-bond donors (Lipinski definition) is 1. The van der Waals surface area contributed by atoms with E-state index in [1.165, 1.54) is 0 Å². The molecule has 0 saturated carbocycles. The van der Waals surface area contributed by atoms with E-state index >= 15 is 0 Å². The van der Waals surface area contributed by atoms with Gasteiger partial charge in [0.25, 0.3) is 11.1 Å². The van der Waals surface area contributed by atoms with Crippen molar-refractivity contribution in [2.24, 2.45) is 0 Å². The standard InChI is InChI=1S/C23H20ClN3O5S/c1-3-31-19-10-15(5-7-18(19)32-9-8-25)11-20-22(29)27(23(30)33-20)13-21(28)26-16-6-4-14(2)17(24)12-16/h4-7,10-12H,3,9,13H2,1-2H3,(H,26,28)/b20-11-. The average molecular weight is 486 g/mol. The Bertz CT molecular complexity index is 1180. The molecule has 1 aliphatic heterocycles. The Balaban J connectivity index is 1.72. The number of hydrogen-bond acceptors (Lipinski definition) is 7. The number of ether oxygens (including phenoxy) is 2. The summed E-state index contributed by atoms with van der Waals surface area (Å²) in [5.74, 6) is -0.269. The first-order valence-corrected chi connectivity index (χ1v) is 11.1. The fraction of sp³-hybridized carbons (Fsp3) is 0.217. The van der Waals surface area contributed by atoms with Crippen molar-refractivity contribution in [3.63, 3.8) is 0 Å². The second-order valence-corrected chi connectivity index (χ2v) is 8.27. The molecule has 1 aliphatic rings. The van der Waals surface area contributed by atoms with Crippen LogP contribution in [0.15, 0.2) is 41.3 Å². The van der Waals surface area contributed by atoms with Gasteiger partial charge < -0.3 is 14.8 Å². The van der Waals surface area contributed by atoms with Gasteiger partial charge in [-0.2, -0.15) is 5.26 Å². The molecule has 1 heterocycles. The van der Waals surface area contributed by atoms with Gasteiger partial charge in [0.15, 0.2) is 18.1 Å². The van der Waals surface area contributed by atoms with Gasteiger partial charge in [0.1, 0.15) is 12.6 Å². The number of rotatable bonds is 8. The number of nitrogens with zero attached hydrogens (tertiary/aromatic N) is 2. The molecule has 3 amide bonds. The highest BCUT2D eigenvalue weighted by Crippen LogP contribution is 2.34. The molecule has 33 heavy (non-hydrogen) atoms. The molecule has 0 atom stereocenters. The lowest BCUT2D eigenvalue weighted by molar-refractivity contribution is -0.127. The lowest BCUT2D eigenvalue weighted by Crippen LogP contribution is -2.36. The van der Waals surface area contributed by atoms with Gasteiger partial charge >= 0.3 is 0 Å². The van der Waals surface area contributed by atoms with Crippen LogP contribution in [0.1, 0.15) is 18.1 Å². The molecular weight excluding hydrogens is 466 g/mol. The van der Waals surface area contributed by atoms with Crippen molar-refractivity contribution in [2.45, 2.75) is 13.8 Å². The molecule has 0 bridgehead atoms. The van der Waals surface area contributed by atoms with Crippen LogP contribution in [0.25, 0.3) is 6.08 Å². The fourth-order valence-corrected chi connectivity index (χ4v) is 3.93. The molecule has 0 aliphatic carbocycles. The Morgan fingerprint density at radius 1 is 1.21 bits per heavy atom. The highest BCUT2D eigenvalue weighted by atomic mass is 35.5. The van der Waals surface area contributed by atoms with Gasteiger partial charge in [0.2, 0.25) is 5.91 Å². The van der Waals surface area contributed by atoms with Crippen molar-refractivity contribution in [3.05, 3.63) is 57.5 Å². The number of aryl methyl sites for hydroxylation is 1. The maximum absolute atomic E-state index is 12.7. The molecule has 1 N–H and O–H groups in total. The SMILES string of the molecule is CCOc1cc(/C=C2\SC(=O)N(CC(=O)Nc3ccc(C)c(Cl)c3)C2=O)ccc1OCC#N. The van der Waals surface area contributed by atoms with Crippen LogP contribution in [0.2, 0.25) is 5.02 Å². The minimum absolute atomic E-state index is 0.130. The number of benzene rings is 2. The molecule has 0 spiro atoms. The monoisotopic (exact) mass is 485 g/mol. The fourth-order valence-electron chi connectivity index (χ4n) is 2.91. The quantitative estimate of drug-likeness (QED) is 0.543. The van der Waals surface area contributed by atoms with Crippen molar-refractivity contribution >= 4 is 52.2 Å². The van der Waals surface area contributed by atoms with Gasteiger partial charge in [-0.05, 0) is 67.1 Å². The number of imide groups is 1. The van der Waals surface area contributed by atoms with Crippen LogP contribution >= 0.6 is 23.4 Å². The molecular formula is C23H20ClN3O5S. The normalized spacial score (nSPS) is 14.4. The van der Waals surface area contributed by atoms with Crippen molar-refractivity contribution in [2.75, 3.05) is 25.1 Å². The summed E-state index contributed by atoms with van der Waals surface area (Å²) in [6.07, 6.45) is 1.54. The zero-order chi connectivity index (χ0) is 24.0. The predicted molar refractivity (Wildman–Crippen MR) is 126 cm³/mol. The Morgan fingerprint density at radius 2 is 2.00 bits per heavy atom. The third kappa shape index (κ3) is 6.06. The summed E-state index contributed by atoms with van der Waals surface area (Å²) in [5.41, 5.74) is 1.94. The van der Waals surface area contributed by atoms with Crippen LogP contribution in [0, 0.1) is 18.3 Å². The van der Waals surface area contributed by atoms with Crippen molar-refractivity contribution < 1.29 is 23.9 Å². The summed E-state index contributed by atoms with van der Waals surface area (Å²) in [4.78, 5) is 38.6. The summed E-state index contributed by atoms with van der Waals surface area (Å²) in [6.45, 7) is 3.48. The lowest BCUT2D eigenvalue weighted by atomic mass is 10.2. The second-order valence-electron chi connectivity index (χ2n) is 6.87. The summed E-state index contributed by atoms with van der Waals surface area (Å²) in [7, 11) is 0. The van der Waals surface area contributed by atoms with E-state index in [-0.39, 0.29) is 11.5 Å². The van der Waals surface area contributed by atoms with E-state index in [1.54, 1.807) is 42.5 Å². The molecule has 1 saturated heterocycles. The molecule has 1 fully saturated rings. The van der Waals surface area contributed by atoms with Crippen LogP contribution < -0.4 is 14.8 Å². The first kappa shape index (κ1) is 24.2. The van der Waals surface area contributed by atoms with E-state index in [9.17, 15) is 14.4 Å². The number of nitrogens with one attached hydrogen (secondary N) is 1. The molecule has 3 rings (SSSR count). The molecule has 10 heteroatoms. The summed E-state index contributed by atoms with van der Waals surface area (Å²) in [5, 5.41) is 11.3. The first-order chi connectivity index (χ1) is 15.8. The summed E-state index contributed by atoms with van der Waals surface area (Å²) < 4.78 is 10.9. The van der Waals surface area contributed by atoms with Crippen LogP contribution in [0.3, 0.4) is 0 Å². The molecule has 8 nitrogen and oxygen atoms in total. The second kappa shape index (κ2) is 10.9. The highest BCUT2D eigenvalue weighted by Gasteiger charge is 2.36. The number of carbonyl (C=O) groups is 3. The first-order valence-electron chi connectivity index (χ1n) is 9.90. The van der Waals surface area contributed by atoms with E-state index in [2.05, 4.69) is 5.32 Å². The maximum atomic E-state index is 12.7. The van der Waals surface area contributed by atoms with Gasteiger partial charge in [0.05, 0.1) is 11.5 Å². The third-order valence-corrected chi connectivity index (χ3v) is 5.80. The molecule has 0 aromatic heterocycles. The minimum atomic E-state index is -0.565. The number of carbonyl (C=O) groups excluding carboxylic acids is 3. The number of thioether (sulfide) groups is 1. The van der Waals surface area contributed by atoms with E-state index in [0.717, 1.165) is 22.2 Å². The Labute approximate surface area is 200 Å². The van der Waals surface area contributed by atoms with E-state index < -0.39 is 23.6 Å². The Morgan fingerprint density at radius 3 is 2.70 bits per heavy atom. The van der Waals surface area contributed by atoms with Gasteiger partial charge in [-0.25, -0.2) is 0 Å².